The van der Waals surface area contributed by atoms with Crippen LogP contribution >= 0.6 is 11.8 Å². The van der Waals surface area contributed by atoms with E-state index in [0.717, 1.165) is 24.3 Å². The first-order chi connectivity index (χ1) is 8.74. The lowest BCUT2D eigenvalue weighted by Gasteiger charge is -2.17. The van der Waals surface area contributed by atoms with Gasteiger partial charge in [0.2, 0.25) is 0 Å². The van der Waals surface area contributed by atoms with Crippen molar-refractivity contribution in [2.24, 2.45) is 0 Å². The molecule has 1 unspecified atom stereocenters. The van der Waals surface area contributed by atoms with Crippen LogP contribution in [0, 0.1) is 11.3 Å². The average molecular weight is 262 g/mol. The van der Waals surface area contributed by atoms with Gasteiger partial charge in [-0.1, -0.05) is 6.92 Å². The van der Waals surface area contributed by atoms with Gasteiger partial charge in [0.1, 0.15) is 11.1 Å². The Morgan fingerprint density at radius 1 is 1.50 bits per heavy atom. The minimum Gasteiger partial charge on any atom is -0.396 e. The van der Waals surface area contributed by atoms with Gasteiger partial charge in [0.15, 0.2) is 0 Å². The molecule has 96 valence electrons. The zero-order valence-corrected chi connectivity index (χ0v) is 11.5. The second kappa shape index (κ2) is 6.21. The summed E-state index contributed by atoms with van der Waals surface area (Å²) in [6.45, 7) is 2.24. The maximum absolute atomic E-state index is 9.21. The molecule has 0 fully saturated rings. The summed E-state index contributed by atoms with van der Waals surface area (Å²) in [6.07, 6.45) is 5.21. The lowest BCUT2D eigenvalue weighted by atomic mass is 9.95. The van der Waals surface area contributed by atoms with Gasteiger partial charge >= 0.3 is 0 Å². The van der Waals surface area contributed by atoms with Gasteiger partial charge in [-0.2, -0.15) is 5.26 Å². The molecule has 18 heavy (non-hydrogen) atoms. The summed E-state index contributed by atoms with van der Waals surface area (Å²) >= 11 is 1.60. The van der Waals surface area contributed by atoms with E-state index in [2.05, 4.69) is 18.0 Å². The fourth-order valence-electron chi connectivity index (χ4n) is 2.22. The van der Waals surface area contributed by atoms with E-state index in [9.17, 15) is 5.26 Å². The Morgan fingerprint density at radius 3 is 3.00 bits per heavy atom. The largest absolute Gasteiger partial charge is 0.396 e. The van der Waals surface area contributed by atoms with Gasteiger partial charge in [-0.15, -0.1) is 11.8 Å². The van der Waals surface area contributed by atoms with Crippen LogP contribution in [0.25, 0.3) is 0 Å². The molecule has 0 amide bonds. The molecule has 0 aromatic carbocycles. The number of hydrogen-bond donors (Lipinski definition) is 1. The van der Waals surface area contributed by atoms with Crippen LogP contribution in [0.3, 0.4) is 0 Å². The van der Waals surface area contributed by atoms with Crippen molar-refractivity contribution in [1.82, 2.24) is 4.98 Å². The fourth-order valence-corrected chi connectivity index (χ4v) is 3.21. The Kier molecular flexibility index (Phi) is 4.62. The number of aromatic nitrogens is 1. The molecule has 1 N–H and O–H groups in total. The number of aryl methyl sites for hydroxylation is 2. The first-order valence-corrected chi connectivity index (χ1v) is 7.33. The van der Waals surface area contributed by atoms with Gasteiger partial charge in [0, 0.05) is 17.6 Å². The van der Waals surface area contributed by atoms with Crippen LogP contribution in [-0.2, 0) is 12.8 Å². The summed E-state index contributed by atoms with van der Waals surface area (Å²) in [5.41, 5.74) is 3.10. The molecular weight excluding hydrogens is 244 g/mol. The van der Waals surface area contributed by atoms with Crippen LogP contribution in [0.4, 0.5) is 0 Å². The summed E-state index contributed by atoms with van der Waals surface area (Å²) in [7, 11) is 0. The summed E-state index contributed by atoms with van der Waals surface area (Å²) < 4.78 is 0. The summed E-state index contributed by atoms with van der Waals surface area (Å²) in [4.78, 5) is 4.67. The van der Waals surface area contributed by atoms with Crippen molar-refractivity contribution in [3.05, 3.63) is 22.9 Å². The number of aliphatic hydroxyl groups is 1. The van der Waals surface area contributed by atoms with Crippen molar-refractivity contribution in [1.29, 1.82) is 5.26 Å². The molecule has 1 heterocycles. The van der Waals surface area contributed by atoms with Crippen LogP contribution in [0.15, 0.2) is 11.1 Å². The van der Waals surface area contributed by atoms with Crippen molar-refractivity contribution in [2.75, 3.05) is 6.61 Å². The van der Waals surface area contributed by atoms with Crippen molar-refractivity contribution in [3.8, 4) is 6.07 Å². The summed E-state index contributed by atoms with van der Waals surface area (Å²) in [6, 6.07) is 4.26. The SMILES string of the molecule is CC(CCO)Sc1nc2c(cc1C#N)CCCC2. The Labute approximate surface area is 112 Å². The molecule has 0 aliphatic heterocycles. The molecule has 1 aliphatic carbocycles. The number of hydrogen-bond acceptors (Lipinski definition) is 4. The zero-order chi connectivity index (χ0) is 13.0. The number of pyridine rings is 1. The standard InChI is InChI=1S/C14H18N2OS/c1-10(6-7-17)18-14-12(9-15)8-11-4-2-3-5-13(11)16-14/h8,10,17H,2-7H2,1H3. The van der Waals surface area contributed by atoms with Gasteiger partial charge in [0.05, 0.1) is 5.56 Å². The number of fused-ring (bicyclic) bond motifs is 1. The maximum atomic E-state index is 9.21. The smallest absolute Gasteiger partial charge is 0.114 e. The molecule has 1 aromatic rings. The number of rotatable bonds is 4. The highest BCUT2D eigenvalue weighted by molar-refractivity contribution is 7.99. The van der Waals surface area contributed by atoms with Crippen LogP contribution in [0.5, 0.6) is 0 Å². The molecular formula is C14H18N2OS. The lowest BCUT2D eigenvalue weighted by Crippen LogP contribution is -2.08. The second-order valence-corrected chi connectivity index (χ2v) is 6.13. The molecule has 0 saturated carbocycles. The van der Waals surface area contributed by atoms with E-state index >= 15 is 0 Å². The highest BCUT2D eigenvalue weighted by atomic mass is 32.2. The normalized spacial score (nSPS) is 15.8. The van der Waals surface area contributed by atoms with Crippen molar-refractivity contribution >= 4 is 11.8 Å². The van der Waals surface area contributed by atoms with E-state index in [1.54, 1.807) is 11.8 Å². The molecule has 0 spiro atoms. The molecule has 0 bridgehead atoms. The quantitative estimate of drug-likeness (QED) is 0.848. The van der Waals surface area contributed by atoms with E-state index in [1.165, 1.54) is 24.1 Å². The minimum atomic E-state index is 0.182. The zero-order valence-electron chi connectivity index (χ0n) is 10.6. The average Bonchev–Trinajstić information content (AvgIpc) is 2.38. The topological polar surface area (TPSA) is 56.9 Å². The maximum Gasteiger partial charge on any atom is 0.114 e. The van der Waals surface area contributed by atoms with Crippen LogP contribution in [-0.4, -0.2) is 21.9 Å². The highest BCUT2D eigenvalue weighted by Crippen LogP contribution is 2.30. The predicted octanol–water partition coefficient (Wildman–Crippen LogP) is 2.70. The Bertz CT molecular complexity index is 468. The molecule has 1 aliphatic rings. The monoisotopic (exact) mass is 262 g/mol. The Hall–Kier alpha value is -1.05. The van der Waals surface area contributed by atoms with E-state index in [4.69, 9.17) is 5.11 Å². The van der Waals surface area contributed by atoms with Gasteiger partial charge in [-0.25, -0.2) is 4.98 Å². The van der Waals surface area contributed by atoms with E-state index in [0.29, 0.717) is 5.56 Å². The first-order valence-electron chi connectivity index (χ1n) is 6.45. The number of nitriles is 1. The third kappa shape index (κ3) is 3.04. The second-order valence-electron chi connectivity index (χ2n) is 4.71. The van der Waals surface area contributed by atoms with Gasteiger partial charge in [0.25, 0.3) is 0 Å². The lowest BCUT2D eigenvalue weighted by molar-refractivity contribution is 0.289. The number of thioether (sulfide) groups is 1. The van der Waals surface area contributed by atoms with Crippen LogP contribution in [0.1, 0.15) is 43.0 Å². The first kappa shape index (κ1) is 13.4. The highest BCUT2D eigenvalue weighted by Gasteiger charge is 2.16. The number of aliphatic hydroxyl groups excluding tert-OH is 1. The van der Waals surface area contributed by atoms with Crippen molar-refractivity contribution < 1.29 is 5.11 Å². The third-order valence-corrected chi connectivity index (χ3v) is 4.41. The molecule has 4 heteroatoms. The van der Waals surface area contributed by atoms with Crippen molar-refractivity contribution in [3.63, 3.8) is 0 Å². The van der Waals surface area contributed by atoms with Crippen LogP contribution < -0.4 is 0 Å². The fraction of sp³-hybridized carbons (Fsp3) is 0.571. The Morgan fingerprint density at radius 2 is 2.28 bits per heavy atom. The Balaban J connectivity index is 2.26. The molecule has 0 radical (unpaired) electrons. The summed E-state index contributed by atoms with van der Waals surface area (Å²) in [5, 5.41) is 19.3. The van der Waals surface area contributed by atoms with Gasteiger partial charge < -0.3 is 5.11 Å². The molecule has 1 atom stereocenters. The van der Waals surface area contributed by atoms with E-state index in [1.807, 2.05) is 6.07 Å². The van der Waals surface area contributed by atoms with Crippen LogP contribution in [0.2, 0.25) is 0 Å². The van der Waals surface area contributed by atoms with E-state index < -0.39 is 0 Å². The summed E-state index contributed by atoms with van der Waals surface area (Å²) in [5.74, 6) is 0. The molecule has 1 aromatic heterocycles. The number of nitrogens with zero attached hydrogens (tertiary/aromatic N) is 2. The van der Waals surface area contributed by atoms with Crippen molar-refractivity contribution in [2.45, 2.75) is 49.3 Å². The van der Waals surface area contributed by atoms with E-state index in [-0.39, 0.29) is 11.9 Å². The van der Waals surface area contributed by atoms with Gasteiger partial charge in [-0.05, 0) is 43.7 Å². The molecule has 0 saturated heterocycles. The minimum absolute atomic E-state index is 0.182. The predicted molar refractivity (Wildman–Crippen MR) is 72.6 cm³/mol. The third-order valence-electron chi connectivity index (χ3n) is 3.23. The molecule has 3 nitrogen and oxygen atoms in total. The van der Waals surface area contributed by atoms with Gasteiger partial charge in [-0.3, -0.25) is 0 Å². The molecule has 2 rings (SSSR count).